The van der Waals surface area contributed by atoms with Crippen LogP contribution in [-0.4, -0.2) is 20.4 Å². The van der Waals surface area contributed by atoms with Crippen LogP contribution in [0.15, 0.2) is 18.2 Å². The fourth-order valence-electron chi connectivity index (χ4n) is 1.83. The van der Waals surface area contributed by atoms with E-state index in [1.165, 1.54) is 0 Å². The summed E-state index contributed by atoms with van der Waals surface area (Å²) in [6.45, 7) is 8.94. The van der Waals surface area contributed by atoms with Gasteiger partial charge in [0.2, 0.25) is 0 Å². The van der Waals surface area contributed by atoms with Crippen LogP contribution >= 0.6 is 0 Å². The Morgan fingerprint density at radius 2 is 0.905 bits per heavy atom. The quantitative estimate of drug-likeness (QED) is 0.557. The monoisotopic (exact) mass is 290 g/mol. The Hall–Kier alpha value is -2.36. The van der Waals surface area contributed by atoms with Gasteiger partial charge in [0.1, 0.15) is 0 Å². The van der Waals surface area contributed by atoms with Crippen LogP contribution in [-0.2, 0) is 0 Å². The minimum absolute atomic E-state index is 0.00231. The number of phenols is 4. The summed E-state index contributed by atoms with van der Waals surface area (Å²) in [5.74, 6) is -0.0319. The molecule has 0 bridgehead atoms. The molecule has 0 saturated carbocycles. The van der Waals surface area contributed by atoms with E-state index < -0.39 is 0 Å². The smallest absolute Gasteiger partial charge is 0.160 e. The molecule has 0 radical (unpaired) electrons. The maximum Gasteiger partial charge on any atom is 0.160 e. The summed E-state index contributed by atoms with van der Waals surface area (Å²) in [7, 11) is 0. The standard InChI is InChI=1S/C9H12O2.C8H10O2/c1-5-4-6(2)8(10)9(11)7(5)3;1-5-3-4-6(2)8(10)7(5)9/h4,10-11H,1-3H3;3-4,9-10H,1-2H3. The number of aromatic hydroxyl groups is 4. The number of hydrogen-bond acceptors (Lipinski definition) is 4. The zero-order valence-corrected chi connectivity index (χ0v) is 13.0. The van der Waals surface area contributed by atoms with E-state index in [2.05, 4.69) is 0 Å². The highest BCUT2D eigenvalue weighted by molar-refractivity contribution is 5.52. The zero-order chi connectivity index (χ0) is 16.3. The lowest BCUT2D eigenvalue weighted by atomic mass is 10.0. The fourth-order valence-corrected chi connectivity index (χ4v) is 1.83. The van der Waals surface area contributed by atoms with Gasteiger partial charge in [0.25, 0.3) is 0 Å². The summed E-state index contributed by atoms with van der Waals surface area (Å²) in [6.07, 6.45) is 0. The van der Waals surface area contributed by atoms with E-state index in [4.69, 9.17) is 10.2 Å². The molecule has 4 heteroatoms. The van der Waals surface area contributed by atoms with Crippen molar-refractivity contribution in [2.75, 3.05) is 0 Å². The van der Waals surface area contributed by atoms with E-state index >= 15 is 0 Å². The molecule has 4 N–H and O–H groups in total. The molecule has 2 aromatic carbocycles. The van der Waals surface area contributed by atoms with Gasteiger partial charge in [-0.25, -0.2) is 0 Å². The van der Waals surface area contributed by atoms with Crippen LogP contribution in [0.2, 0.25) is 0 Å². The van der Waals surface area contributed by atoms with Gasteiger partial charge in [-0.1, -0.05) is 18.2 Å². The Kier molecular flexibility index (Phi) is 5.08. The van der Waals surface area contributed by atoms with E-state index in [0.29, 0.717) is 16.7 Å². The van der Waals surface area contributed by atoms with E-state index in [-0.39, 0.29) is 23.0 Å². The van der Waals surface area contributed by atoms with Gasteiger partial charge in [-0.3, -0.25) is 0 Å². The lowest BCUT2D eigenvalue weighted by Gasteiger charge is -2.07. The maximum atomic E-state index is 9.32. The molecule has 0 aliphatic rings. The second kappa shape index (κ2) is 6.39. The molecule has 114 valence electrons. The molecule has 0 heterocycles. The summed E-state index contributed by atoms with van der Waals surface area (Å²) >= 11 is 0. The lowest BCUT2D eigenvalue weighted by molar-refractivity contribution is 0.398. The molecule has 21 heavy (non-hydrogen) atoms. The van der Waals surface area contributed by atoms with Crippen LogP contribution in [0, 0.1) is 34.6 Å². The number of hydrogen-bond donors (Lipinski definition) is 4. The van der Waals surface area contributed by atoms with Gasteiger partial charge < -0.3 is 20.4 Å². The van der Waals surface area contributed by atoms with Crippen LogP contribution < -0.4 is 0 Å². The predicted octanol–water partition coefficient (Wildman–Crippen LogP) is 3.74. The lowest BCUT2D eigenvalue weighted by Crippen LogP contribution is -1.85. The number of benzene rings is 2. The zero-order valence-electron chi connectivity index (χ0n) is 13.0. The first-order valence-electron chi connectivity index (χ1n) is 6.63. The van der Waals surface area contributed by atoms with E-state index in [9.17, 15) is 10.2 Å². The van der Waals surface area contributed by atoms with Gasteiger partial charge in [0.15, 0.2) is 23.0 Å². The molecule has 0 aliphatic heterocycles. The topological polar surface area (TPSA) is 80.9 Å². The van der Waals surface area contributed by atoms with Gasteiger partial charge in [-0.05, 0) is 62.4 Å². The van der Waals surface area contributed by atoms with Gasteiger partial charge in [0.05, 0.1) is 0 Å². The fraction of sp³-hybridized carbons (Fsp3) is 0.294. The molecule has 0 aliphatic carbocycles. The van der Waals surface area contributed by atoms with E-state index in [0.717, 1.165) is 11.1 Å². The third kappa shape index (κ3) is 3.60. The van der Waals surface area contributed by atoms with Crippen LogP contribution in [0.1, 0.15) is 27.8 Å². The van der Waals surface area contributed by atoms with Gasteiger partial charge in [0, 0.05) is 0 Å². The first-order chi connectivity index (χ1) is 9.66. The van der Waals surface area contributed by atoms with Crippen molar-refractivity contribution in [2.24, 2.45) is 0 Å². The number of phenolic OH excluding ortho intramolecular Hbond substituents is 4. The molecule has 4 nitrogen and oxygen atoms in total. The highest BCUT2D eigenvalue weighted by Crippen LogP contribution is 2.33. The molecule has 0 fully saturated rings. The van der Waals surface area contributed by atoms with Crippen LogP contribution in [0.25, 0.3) is 0 Å². The molecule has 0 unspecified atom stereocenters. The van der Waals surface area contributed by atoms with Crippen LogP contribution in [0.5, 0.6) is 23.0 Å². The molecule has 2 aromatic rings. The van der Waals surface area contributed by atoms with Crippen molar-refractivity contribution < 1.29 is 20.4 Å². The second-order valence-electron chi connectivity index (χ2n) is 5.23. The molecule has 0 spiro atoms. The number of rotatable bonds is 0. The van der Waals surface area contributed by atoms with Crippen molar-refractivity contribution in [1.82, 2.24) is 0 Å². The molecule has 2 rings (SSSR count). The van der Waals surface area contributed by atoms with E-state index in [1.807, 2.05) is 13.0 Å². The molecule has 0 saturated heterocycles. The first kappa shape index (κ1) is 16.7. The second-order valence-corrected chi connectivity index (χ2v) is 5.23. The highest BCUT2D eigenvalue weighted by atomic mass is 16.3. The summed E-state index contributed by atoms with van der Waals surface area (Å²) in [5.41, 5.74) is 3.85. The van der Waals surface area contributed by atoms with Gasteiger partial charge in [-0.15, -0.1) is 0 Å². The Morgan fingerprint density at radius 3 is 1.33 bits per heavy atom. The number of aryl methyl sites for hydroxylation is 4. The average Bonchev–Trinajstić information content (AvgIpc) is 2.45. The Morgan fingerprint density at radius 1 is 0.524 bits per heavy atom. The van der Waals surface area contributed by atoms with Crippen molar-refractivity contribution >= 4 is 0 Å². The molecule has 0 atom stereocenters. The Labute approximate surface area is 124 Å². The summed E-state index contributed by atoms with van der Waals surface area (Å²) in [4.78, 5) is 0. The molecule has 0 aromatic heterocycles. The predicted molar refractivity (Wildman–Crippen MR) is 83.2 cm³/mol. The minimum Gasteiger partial charge on any atom is -0.504 e. The average molecular weight is 290 g/mol. The third-order valence-corrected chi connectivity index (χ3v) is 3.53. The first-order valence-corrected chi connectivity index (χ1v) is 6.63. The van der Waals surface area contributed by atoms with E-state index in [1.54, 1.807) is 39.8 Å². The van der Waals surface area contributed by atoms with Crippen LogP contribution in [0.4, 0.5) is 0 Å². The minimum atomic E-state index is -0.0139. The van der Waals surface area contributed by atoms with Crippen molar-refractivity contribution in [1.29, 1.82) is 0 Å². The van der Waals surface area contributed by atoms with Crippen molar-refractivity contribution in [3.05, 3.63) is 46.0 Å². The third-order valence-electron chi connectivity index (χ3n) is 3.53. The summed E-state index contributed by atoms with van der Waals surface area (Å²) < 4.78 is 0. The van der Waals surface area contributed by atoms with Crippen molar-refractivity contribution in [2.45, 2.75) is 34.6 Å². The van der Waals surface area contributed by atoms with Crippen LogP contribution in [0.3, 0.4) is 0 Å². The normalized spacial score (nSPS) is 9.95. The molecular weight excluding hydrogens is 268 g/mol. The van der Waals surface area contributed by atoms with Crippen molar-refractivity contribution in [3.8, 4) is 23.0 Å². The van der Waals surface area contributed by atoms with Gasteiger partial charge in [-0.2, -0.15) is 0 Å². The Balaban J connectivity index is 0.000000211. The maximum absolute atomic E-state index is 9.32. The largest absolute Gasteiger partial charge is 0.504 e. The Bertz CT molecular complexity index is 607. The summed E-state index contributed by atoms with van der Waals surface area (Å²) in [5, 5.41) is 36.9. The molecular formula is C17H22O4. The molecule has 0 amide bonds. The summed E-state index contributed by atoms with van der Waals surface area (Å²) in [6, 6.07) is 5.39. The SMILES string of the molecule is Cc1cc(C)c(O)c(O)c1C.Cc1ccc(C)c(O)c1O. The highest BCUT2D eigenvalue weighted by Gasteiger charge is 2.08. The van der Waals surface area contributed by atoms with Gasteiger partial charge >= 0.3 is 0 Å². The van der Waals surface area contributed by atoms with Crippen molar-refractivity contribution in [3.63, 3.8) is 0 Å².